The molecule has 0 radical (unpaired) electrons. The molecular weight excluding hydrogens is 354 g/mol. The van der Waals surface area contributed by atoms with Crippen LogP contribution in [0.4, 0.5) is 11.4 Å². The minimum atomic E-state index is 0.00201. The van der Waals surface area contributed by atoms with Crippen molar-refractivity contribution in [1.29, 1.82) is 0 Å². The Morgan fingerprint density at radius 3 is 2.68 bits per heavy atom. The van der Waals surface area contributed by atoms with Gasteiger partial charge < -0.3 is 10.2 Å². The maximum absolute atomic E-state index is 12.3. The largest absolute Gasteiger partial charge is 0.372 e. The minimum Gasteiger partial charge on any atom is -0.372 e. The van der Waals surface area contributed by atoms with Crippen LogP contribution >= 0.6 is 22.9 Å². The number of aryl methyl sites for hydroxylation is 1. The van der Waals surface area contributed by atoms with E-state index in [1.807, 2.05) is 37.1 Å². The first-order valence-corrected chi connectivity index (χ1v) is 9.79. The van der Waals surface area contributed by atoms with Crippen molar-refractivity contribution >= 4 is 40.2 Å². The number of nitrogens with zero attached hydrogens (tertiary/aromatic N) is 2. The Bertz CT molecular complexity index is 740. The molecule has 0 aliphatic carbocycles. The summed E-state index contributed by atoms with van der Waals surface area (Å²) in [5, 5.41) is 3.03. The van der Waals surface area contributed by atoms with Crippen molar-refractivity contribution in [1.82, 2.24) is 4.90 Å². The van der Waals surface area contributed by atoms with E-state index in [-0.39, 0.29) is 5.91 Å². The van der Waals surface area contributed by atoms with Gasteiger partial charge in [0.2, 0.25) is 5.91 Å². The quantitative estimate of drug-likeness (QED) is 0.811. The molecule has 0 spiro atoms. The predicted molar refractivity (Wildman–Crippen MR) is 107 cm³/mol. The monoisotopic (exact) mass is 377 g/mol. The van der Waals surface area contributed by atoms with Gasteiger partial charge in [-0.15, -0.1) is 11.3 Å². The Kier molecular flexibility index (Phi) is 5.99. The number of hydrogen-bond donors (Lipinski definition) is 1. The fourth-order valence-electron chi connectivity index (χ4n) is 3.15. The Labute approximate surface area is 158 Å². The van der Waals surface area contributed by atoms with Gasteiger partial charge in [-0.1, -0.05) is 11.6 Å². The van der Waals surface area contributed by atoms with E-state index in [0.717, 1.165) is 40.1 Å². The maximum atomic E-state index is 12.3. The van der Waals surface area contributed by atoms with E-state index >= 15 is 0 Å². The molecule has 1 N–H and O–H groups in total. The van der Waals surface area contributed by atoms with Crippen LogP contribution in [0.5, 0.6) is 0 Å². The molecule has 2 heterocycles. The van der Waals surface area contributed by atoms with E-state index in [0.29, 0.717) is 6.54 Å². The average molecular weight is 378 g/mol. The number of nitrogens with one attached hydrogen (secondary N) is 1. The summed E-state index contributed by atoms with van der Waals surface area (Å²) in [7, 11) is 1.94. The summed E-state index contributed by atoms with van der Waals surface area (Å²) < 4.78 is 0.779. The van der Waals surface area contributed by atoms with E-state index in [4.69, 9.17) is 11.6 Å². The molecule has 1 amide bonds. The third kappa shape index (κ3) is 4.97. The SMILES string of the molecule is Cc1cc(N2CCCC2)ccc1NC(=O)CN(C)Cc1ccc(Cl)s1. The molecule has 1 saturated heterocycles. The number of rotatable bonds is 6. The van der Waals surface area contributed by atoms with Crippen molar-refractivity contribution in [2.45, 2.75) is 26.3 Å². The third-order valence-electron chi connectivity index (χ3n) is 4.42. The number of likely N-dealkylation sites (N-methyl/N-ethyl adjacent to an activating group) is 1. The first-order valence-electron chi connectivity index (χ1n) is 8.59. The lowest BCUT2D eigenvalue weighted by molar-refractivity contribution is -0.117. The highest BCUT2D eigenvalue weighted by atomic mass is 35.5. The lowest BCUT2D eigenvalue weighted by atomic mass is 10.1. The van der Waals surface area contributed by atoms with Crippen molar-refractivity contribution in [2.75, 3.05) is 36.9 Å². The van der Waals surface area contributed by atoms with Gasteiger partial charge in [-0.2, -0.15) is 0 Å². The molecule has 3 rings (SSSR count). The van der Waals surface area contributed by atoms with Crippen molar-refractivity contribution < 1.29 is 4.79 Å². The van der Waals surface area contributed by atoms with E-state index in [2.05, 4.69) is 22.3 Å². The number of amides is 1. The molecular formula is C19H24ClN3OS. The van der Waals surface area contributed by atoms with Crippen LogP contribution in [-0.4, -0.2) is 37.5 Å². The van der Waals surface area contributed by atoms with Gasteiger partial charge >= 0.3 is 0 Å². The first kappa shape index (κ1) is 18.2. The highest BCUT2D eigenvalue weighted by Crippen LogP contribution is 2.26. The van der Waals surface area contributed by atoms with Gasteiger partial charge in [0, 0.05) is 35.9 Å². The number of carbonyl (C=O) groups is 1. The highest BCUT2D eigenvalue weighted by molar-refractivity contribution is 7.16. The second kappa shape index (κ2) is 8.21. The Hall–Kier alpha value is -1.56. The summed E-state index contributed by atoms with van der Waals surface area (Å²) in [5.74, 6) is 0.00201. The van der Waals surface area contributed by atoms with E-state index in [1.165, 1.54) is 18.5 Å². The number of anilines is 2. The summed E-state index contributed by atoms with van der Waals surface area (Å²) in [4.78, 5) is 17.9. The minimum absolute atomic E-state index is 0.00201. The van der Waals surface area contributed by atoms with Crippen LogP contribution in [0.25, 0.3) is 0 Å². The Balaban J connectivity index is 1.55. The average Bonchev–Trinajstić information content (AvgIpc) is 3.21. The lowest BCUT2D eigenvalue weighted by Crippen LogP contribution is -2.29. The van der Waals surface area contributed by atoms with Gasteiger partial charge in [-0.3, -0.25) is 9.69 Å². The summed E-state index contributed by atoms with van der Waals surface area (Å²) in [6, 6.07) is 10.2. The molecule has 1 aliphatic heterocycles. The fraction of sp³-hybridized carbons (Fsp3) is 0.421. The second-order valence-electron chi connectivity index (χ2n) is 6.62. The molecule has 25 heavy (non-hydrogen) atoms. The molecule has 2 aromatic rings. The number of hydrogen-bond acceptors (Lipinski definition) is 4. The van der Waals surface area contributed by atoms with Crippen molar-refractivity contribution in [3.63, 3.8) is 0 Å². The van der Waals surface area contributed by atoms with Crippen LogP contribution in [0.15, 0.2) is 30.3 Å². The van der Waals surface area contributed by atoms with Gasteiger partial charge in [0.1, 0.15) is 0 Å². The topological polar surface area (TPSA) is 35.6 Å². The zero-order valence-electron chi connectivity index (χ0n) is 14.7. The van der Waals surface area contributed by atoms with Crippen LogP contribution in [0, 0.1) is 6.92 Å². The highest BCUT2D eigenvalue weighted by Gasteiger charge is 2.14. The summed E-state index contributed by atoms with van der Waals surface area (Å²) in [5.41, 5.74) is 3.24. The number of benzene rings is 1. The zero-order chi connectivity index (χ0) is 17.8. The van der Waals surface area contributed by atoms with Crippen LogP contribution < -0.4 is 10.2 Å². The summed E-state index contributed by atoms with van der Waals surface area (Å²) >= 11 is 7.50. The van der Waals surface area contributed by atoms with E-state index in [9.17, 15) is 4.79 Å². The number of thiophene rings is 1. The lowest BCUT2D eigenvalue weighted by Gasteiger charge is -2.20. The Morgan fingerprint density at radius 2 is 2.04 bits per heavy atom. The van der Waals surface area contributed by atoms with Crippen LogP contribution in [-0.2, 0) is 11.3 Å². The summed E-state index contributed by atoms with van der Waals surface area (Å²) in [6.07, 6.45) is 2.53. The number of carbonyl (C=O) groups excluding carboxylic acids is 1. The molecule has 0 bridgehead atoms. The molecule has 1 aromatic carbocycles. The Morgan fingerprint density at radius 1 is 1.28 bits per heavy atom. The second-order valence-corrected chi connectivity index (χ2v) is 8.42. The first-order chi connectivity index (χ1) is 12.0. The molecule has 0 unspecified atom stereocenters. The standard InChI is InChI=1S/C19H24ClN3OS/c1-14-11-15(23-9-3-4-10-23)5-7-17(14)21-19(24)13-22(2)12-16-6-8-18(20)25-16/h5-8,11H,3-4,9-10,12-13H2,1-2H3,(H,21,24). The van der Waals surface area contributed by atoms with E-state index < -0.39 is 0 Å². The molecule has 0 saturated carbocycles. The van der Waals surface area contributed by atoms with Gasteiger partial charge in [0.15, 0.2) is 0 Å². The van der Waals surface area contributed by atoms with Gasteiger partial charge in [-0.05, 0) is 62.7 Å². The molecule has 1 aromatic heterocycles. The molecule has 6 heteroatoms. The fourth-order valence-corrected chi connectivity index (χ4v) is 4.32. The van der Waals surface area contributed by atoms with Gasteiger partial charge in [0.25, 0.3) is 0 Å². The third-order valence-corrected chi connectivity index (χ3v) is 5.64. The zero-order valence-corrected chi connectivity index (χ0v) is 16.3. The normalized spacial score (nSPS) is 14.3. The van der Waals surface area contributed by atoms with Gasteiger partial charge in [-0.25, -0.2) is 0 Å². The summed E-state index contributed by atoms with van der Waals surface area (Å²) in [6.45, 7) is 5.37. The number of halogens is 1. The van der Waals surface area contributed by atoms with Crippen molar-refractivity contribution in [3.05, 3.63) is 45.1 Å². The molecule has 0 atom stereocenters. The van der Waals surface area contributed by atoms with Crippen molar-refractivity contribution in [2.24, 2.45) is 0 Å². The maximum Gasteiger partial charge on any atom is 0.238 e. The van der Waals surface area contributed by atoms with Crippen LogP contribution in [0.2, 0.25) is 4.34 Å². The predicted octanol–water partition coefficient (Wildman–Crippen LogP) is 4.38. The molecule has 4 nitrogen and oxygen atoms in total. The van der Waals surface area contributed by atoms with Gasteiger partial charge in [0.05, 0.1) is 10.9 Å². The molecule has 134 valence electrons. The molecule has 1 fully saturated rings. The molecule has 1 aliphatic rings. The van der Waals surface area contributed by atoms with E-state index in [1.54, 1.807) is 11.3 Å². The van der Waals surface area contributed by atoms with Crippen molar-refractivity contribution in [3.8, 4) is 0 Å². The van der Waals surface area contributed by atoms with Crippen LogP contribution in [0.1, 0.15) is 23.3 Å². The smallest absolute Gasteiger partial charge is 0.238 e. The van der Waals surface area contributed by atoms with Crippen LogP contribution in [0.3, 0.4) is 0 Å².